The van der Waals surface area contributed by atoms with E-state index in [2.05, 4.69) is 15.4 Å². The first-order chi connectivity index (χ1) is 20.1. The predicted molar refractivity (Wildman–Crippen MR) is 150 cm³/mol. The van der Waals surface area contributed by atoms with Crippen LogP contribution in [0.15, 0.2) is 79.4 Å². The second-order valence-corrected chi connectivity index (χ2v) is 10.2. The van der Waals surface area contributed by atoms with Crippen molar-refractivity contribution >= 4 is 17.5 Å². The largest absolute Gasteiger partial charge is 0.382 e. The summed E-state index contributed by atoms with van der Waals surface area (Å²) in [6.07, 6.45) is 4.39. The first-order valence-corrected chi connectivity index (χ1v) is 13.3. The third kappa shape index (κ3) is 8.26. The van der Waals surface area contributed by atoms with Crippen LogP contribution >= 0.6 is 0 Å². The van der Waals surface area contributed by atoms with Gasteiger partial charge in [-0.15, -0.1) is 0 Å². The minimum absolute atomic E-state index is 0.0308. The molecule has 0 aliphatic carbocycles. The van der Waals surface area contributed by atoms with E-state index in [0.717, 1.165) is 23.3 Å². The van der Waals surface area contributed by atoms with Crippen LogP contribution in [0.3, 0.4) is 0 Å². The maximum Gasteiger partial charge on any atom is 0.274 e. The lowest BCUT2D eigenvalue weighted by Crippen LogP contribution is -2.43. The molecule has 3 aromatic carbocycles. The van der Waals surface area contributed by atoms with Crippen LogP contribution in [0.1, 0.15) is 39.9 Å². The van der Waals surface area contributed by atoms with Gasteiger partial charge in [0.05, 0.1) is 6.54 Å². The van der Waals surface area contributed by atoms with Crippen molar-refractivity contribution in [1.82, 2.24) is 25.1 Å². The zero-order valence-electron chi connectivity index (χ0n) is 23.0. The average Bonchev–Trinajstić information content (AvgIpc) is 3.46. The topological polar surface area (TPSA) is 133 Å². The Hall–Kier alpha value is -4.52. The number of anilines is 1. The first kappa shape index (κ1) is 30.4. The highest BCUT2D eigenvalue weighted by atomic mass is 19.1. The van der Waals surface area contributed by atoms with Gasteiger partial charge in [0, 0.05) is 42.4 Å². The van der Waals surface area contributed by atoms with Crippen molar-refractivity contribution in [2.75, 3.05) is 18.9 Å². The van der Waals surface area contributed by atoms with Gasteiger partial charge in [-0.1, -0.05) is 30.3 Å². The van der Waals surface area contributed by atoms with Crippen LogP contribution in [0.25, 0.3) is 0 Å². The smallest absolute Gasteiger partial charge is 0.274 e. The summed E-state index contributed by atoms with van der Waals surface area (Å²) in [6, 6.07) is 17.2. The van der Waals surface area contributed by atoms with E-state index >= 15 is 0 Å². The molecule has 1 heterocycles. The number of carbonyl (C=O) groups excluding carboxylic acids is 2. The van der Waals surface area contributed by atoms with E-state index in [1.165, 1.54) is 35.5 Å². The highest BCUT2D eigenvalue weighted by Gasteiger charge is 2.34. The molecular weight excluding hydrogens is 546 g/mol. The van der Waals surface area contributed by atoms with Gasteiger partial charge in [-0.2, -0.15) is 5.10 Å². The highest BCUT2D eigenvalue weighted by molar-refractivity contribution is 5.95. The fourth-order valence-electron chi connectivity index (χ4n) is 4.74. The summed E-state index contributed by atoms with van der Waals surface area (Å²) in [6.45, 7) is 0.437. The molecule has 10 nitrogen and oxygen atoms in total. The Morgan fingerprint density at radius 2 is 1.74 bits per heavy atom. The normalized spacial score (nSPS) is 12.6. The lowest BCUT2D eigenvalue weighted by Gasteiger charge is -2.33. The van der Waals surface area contributed by atoms with Gasteiger partial charge in [0.1, 0.15) is 29.9 Å². The molecule has 2 amide bonds. The van der Waals surface area contributed by atoms with Gasteiger partial charge < -0.3 is 10.4 Å². The first-order valence-electron chi connectivity index (χ1n) is 13.3. The zero-order valence-corrected chi connectivity index (χ0v) is 23.0. The van der Waals surface area contributed by atoms with Gasteiger partial charge in [0.2, 0.25) is 5.91 Å². The fraction of sp³-hybridized carbons (Fsp3) is 0.267. The fourth-order valence-corrected chi connectivity index (χ4v) is 4.74. The molecule has 1 aromatic heterocycles. The molecule has 0 aliphatic rings. The second-order valence-electron chi connectivity index (χ2n) is 10.2. The number of hydrogen-bond acceptors (Lipinski definition) is 7. The number of halogens is 2. The lowest BCUT2D eigenvalue weighted by molar-refractivity contribution is -0.116. The van der Waals surface area contributed by atoms with Crippen LogP contribution in [0.4, 0.5) is 14.5 Å². The van der Waals surface area contributed by atoms with Crippen molar-refractivity contribution in [2.45, 2.75) is 38.0 Å². The highest BCUT2D eigenvalue weighted by Crippen LogP contribution is 2.28. The van der Waals surface area contributed by atoms with Gasteiger partial charge in [-0.05, 0) is 61.3 Å². The van der Waals surface area contributed by atoms with Gasteiger partial charge in [0.25, 0.3) is 5.91 Å². The summed E-state index contributed by atoms with van der Waals surface area (Å²) in [5.41, 5.74) is 2.69. The van der Waals surface area contributed by atoms with Crippen molar-refractivity contribution in [3.05, 3.63) is 113 Å². The Morgan fingerprint density at radius 3 is 2.38 bits per heavy atom. The molecule has 1 atom stereocenters. The van der Waals surface area contributed by atoms with Gasteiger partial charge >= 0.3 is 0 Å². The van der Waals surface area contributed by atoms with Crippen molar-refractivity contribution in [3.63, 3.8) is 0 Å². The number of carbonyl (C=O) groups is 2. The zero-order chi connectivity index (χ0) is 30.1. The predicted octanol–water partition coefficient (Wildman–Crippen LogP) is 3.66. The Morgan fingerprint density at radius 1 is 1.02 bits per heavy atom. The molecule has 12 heteroatoms. The minimum atomic E-state index is -1.70. The molecule has 42 heavy (non-hydrogen) atoms. The van der Waals surface area contributed by atoms with Crippen LogP contribution in [0.5, 0.6) is 0 Å². The number of amides is 2. The number of rotatable bonds is 13. The minimum Gasteiger partial charge on any atom is -0.382 e. The number of aryl methyl sites for hydroxylation is 1. The standard InChI is InChI=1S/C30H32F2N6O4/c1-37(17-30(41,18-38-20-33-19-34-38)26-14-11-24(31)15-27(26)32)16-22-7-5-21(6-8-22)3-2-4-28(39)35-25-12-9-23(10-13-25)29(40)36-42/h5-15,19-20,41-42H,2-4,16-18H2,1H3,(H,35,39)(H,36,40). The summed E-state index contributed by atoms with van der Waals surface area (Å²) >= 11 is 0. The van der Waals surface area contributed by atoms with Gasteiger partial charge in [-0.3, -0.25) is 19.7 Å². The van der Waals surface area contributed by atoms with Crippen LogP contribution in [0, 0.1) is 11.6 Å². The number of nitrogens with one attached hydrogen (secondary N) is 2. The van der Waals surface area contributed by atoms with E-state index in [1.54, 1.807) is 24.7 Å². The van der Waals surface area contributed by atoms with Crippen LogP contribution < -0.4 is 10.8 Å². The van der Waals surface area contributed by atoms with E-state index in [0.29, 0.717) is 31.5 Å². The molecule has 0 aliphatic heterocycles. The number of aromatic nitrogens is 3. The quantitative estimate of drug-likeness (QED) is 0.141. The lowest BCUT2D eigenvalue weighted by atomic mass is 9.92. The Kier molecular flexibility index (Phi) is 10.1. The maximum absolute atomic E-state index is 14.7. The molecule has 0 saturated heterocycles. The third-order valence-electron chi connectivity index (χ3n) is 6.73. The number of likely N-dealkylation sites (N-methyl/N-ethyl adjacent to an activating group) is 1. The molecule has 0 bridgehead atoms. The summed E-state index contributed by atoms with van der Waals surface area (Å²) in [5, 5.41) is 27.0. The van der Waals surface area contributed by atoms with Crippen molar-refractivity contribution in [1.29, 1.82) is 0 Å². The van der Waals surface area contributed by atoms with Gasteiger partial charge in [0.15, 0.2) is 0 Å². The van der Waals surface area contributed by atoms with E-state index in [4.69, 9.17) is 5.21 Å². The summed E-state index contributed by atoms with van der Waals surface area (Å²) < 4.78 is 29.7. The summed E-state index contributed by atoms with van der Waals surface area (Å²) in [4.78, 5) is 29.4. The van der Waals surface area contributed by atoms with Gasteiger partial charge in [-0.25, -0.2) is 23.9 Å². The van der Waals surface area contributed by atoms with Crippen LogP contribution in [-0.2, 0) is 29.9 Å². The molecule has 0 fully saturated rings. The molecule has 0 radical (unpaired) electrons. The number of hydrogen-bond donors (Lipinski definition) is 4. The Balaban J connectivity index is 1.29. The second kappa shape index (κ2) is 13.9. The molecule has 1 unspecified atom stereocenters. The third-order valence-corrected chi connectivity index (χ3v) is 6.73. The SMILES string of the molecule is CN(Cc1ccc(CCCC(=O)Nc2ccc(C(=O)NO)cc2)cc1)CC(O)(Cn1cncn1)c1ccc(F)cc1F. The number of nitrogens with zero attached hydrogens (tertiary/aromatic N) is 4. The summed E-state index contributed by atoms with van der Waals surface area (Å²) in [5.74, 6) is -2.34. The molecule has 0 spiro atoms. The molecule has 220 valence electrons. The van der Waals surface area contributed by atoms with Crippen molar-refractivity contribution in [2.24, 2.45) is 0 Å². The maximum atomic E-state index is 14.7. The Labute approximate surface area is 241 Å². The number of hydroxylamine groups is 1. The van der Waals surface area contributed by atoms with Crippen molar-refractivity contribution < 1.29 is 28.7 Å². The van der Waals surface area contributed by atoms with E-state index in [-0.39, 0.29) is 30.1 Å². The van der Waals surface area contributed by atoms with E-state index < -0.39 is 23.1 Å². The summed E-state index contributed by atoms with van der Waals surface area (Å²) in [7, 11) is 1.80. The molecule has 4 rings (SSSR count). The van der Waals surface area contributed by atoms with Crippen LogP contribution in [-0.4, -0.2) is 55.4 Å². The number of benzene rings is 3. The van der Waals surface area contributed by atoms with Crippen molar-refractivity contribution in [3.8, 4) is 0 Å². The van der Waals surface area contributed by atoms with Crippen LogP contribution in [0.2, 0.25) is 0 Å². The Bertz CT molecular complexity index is 1480. The average molecular weight is 579 g/mol. The molecule has 4 aromatic rings. The molecule has 4 N–H and O–H groups in total. The monoisotopic (exact) mass is 578 g/mol. The molecular formula is C30H32F2N6O4. The molecule has 0 saturated carbocycles. The van der Waals surface area contributed by atoms with E-state index in [1.807, 2.05) is 29.2 Å². The number of aliphatic hydroxyl groups is 1. The van der Waals surface area contributed by atoms with E-state index in [9.17, 15) is 23.5 Å².